The Balaban J connectivity index is 0.000000861. The lowest BCUT2D eigenvalue weighted by molar-refractivity contribution is 0.922. The second-order valence-corrected chi connectivity index (χ2v) is 4.14. The molecule has 0 aromatic heterocycles. The normalized spacial score (nSPS) is 9.16. The van der Waals surface area contributed by atoms with Gasteiger partial charge in [-0.3, -0.25) is 0 Å². The van der Waals surface area contributed by atoms with Crippen LogP contribution >= 0.6 is 0 Å². The van der Waals surface area contributed by atoms with E-state index in [1.54, 1.807) is 0 Å². The van der Waals surface area contributed by atoms with Gasteiger partial charge < -0.3 is 0 Å². The largest absolute Gasteiger partial charge is 0.192 e. The standard InChI is InChI=1S/C16H15N.C2H6/c1-2-4-13-7-9-15(10-8-13)16-6-3-5-14(11-16)12-17;1-2/h3,5-11H,2,4H2,1H3;1-2H3. The Morgan fingerprint density at radius 1 is 0.947 bits per heavy atom. The molecule has 0 atom stereocenters. The van der Waals surface area contributed by atoms with Gasteiger partial charge in [-0.1, -0.05) is 63.6 Å². The third-order valence-corrected chi connectivity index (χ3v) is 2.82. The maximum atomic E-state index is 8.87. The van der Waals surface area contributed by atoms with Crippen LogP contribution in [0.4, 0.5) is 0 Å². The van der Waals surface area contributed by atoms with E-state index in [-0.39, 0.29) is 0 Å². The third-order valence-electron chi connectivity index (χ3n) is 2.82. The number of nitrogens with zero attached hydrogens (tertiary/aromatic N) is 1. The highest BCUT2D eigenvalue weighted by molar-refractivity contribution is 5.65. The van der Waals surface area contributed by atoms with Crippen LogP contribution in [0.2, 0.25) is 0 Å². The number of benzene rings is 2. The van der Waals surface area contributed by atoms with Crippen molar-refractivity contribution >= 4 is 0 Å². The van der Waals surface area contributed by atoms with Gasteiger partial charge in [0.15, 0.2) is 0 Å². The smallest absolute Gasteiger partial charge is 0.0991 e. The summed E-state index contributed by atoms with van der Waals surface area (Å²) in [5.74, 6) is 0. The number of hydrogen-bond acceptors (Lipinski definition) is 1. The fourth-order valence-corrected chi connectivity index (χ4v) is 1.92. The molecular weight excluding hydrogens is 230 g/mol. The van der Waals surface area contributed by atoms with E-state index in [4.69, 9.17) is 5.26 Å². The van der Waals surface area contributed by atoms with E-state index >= 15 is 0 Å². The van der Waals surface area contributed by atoms with Crippen molar-refractivity contribution in [3.8, 4) is 17.2 Å². The van der Waals surface area contributed by atoms with Crippen LogP contribution in [0.1, 0.15) is 38.3 Å². The number of nitriles is 1. The molecule has 0 aliphatic rings. The van der Waals surface area contributed by atoms with Crippen molar-refractivity contribution in [3.05, 3.63) is 59.7 Å². The van der Waals surface area contributed by atoms with Crippen LogP contribution in [0.3, 0.4) is 0 Å². The van der Waals surface area contributed by atoms with Gasteiger partial charge in [0.25, 0.3) is 0 Å². The van der Waals surface area contributed by atoms with E-state index in [2.05, 4.69) is 37.3 Å². The van der Waals surface area contributed by atoms with Gasteiger partial charge in [-0.15, -0.1) is 0 Å². The zero-order chi connectivity index (χ0) is 14.1. The average Bonchev–Trinajstić information content (AvgIpc) is 2.50. The summed E-state index contributed by atoms with van der Waals surface area (Å²) < 4.78 is 0. The molecule has 2 aromatic rings. The van der Waals surface area contributed by atoms with Gasteiger partial charge in [0.1, 0.15) is 0 Å². The second-order valence-electron chi connectivity index (χ2n) is 4.14. The second kappa shape index (κ2) is 8.11. The van der Waals surface area contributed by atoms with Crippen molar-refractivity contribution in [3.63, 3.8) is 0 Å². The molecule has 0 aliphatic carbocycles. The molecule has 0 radical (unpaired) electrons. The van der Waals surface area contributed by atoms with E-state index < -0.39 is 0 Å². The van der Waals surface area contributed by atoms with Crippen LogP contribution < -0.4 is 0 Å². The van der Waals surface area contributed by atoms with Gasteiger partial charge in [0.05, 0.1) is 11.6 Å². The molecular formula is C18H21N. The Labute approximate surface area is 116 Å². The van der Waals surface area contributed by atoms with Crippen LogP contribution in [0.25, 0.3) is 11.1 Å². The predicted molar refractivity (Wildman–Crippen MR) is 81.9 cm³/mol. The van der Waals surface area contributed by atoms with E-state index in [1.165, 1.54) is 17.5 Å². The van der Waals surface area contributed by atoms with Gasteiger partial charge >= 0.3 is 0 Å². The van der Waals surface area contributed by atoms with Crippen molar-refractivity contribution < 1.29 is 0 Å². The van der Waals surface area contributed by atoms with Gasteiger partial charge in [-0.25, -0.2) is 0 Å². The number of rotatable bonds is 3. The van der Waals surface area contributed by atoms with Crippen molar-refractivity contribution in [1.29, 1.82) is 5.26 Å². The minimum Gasteiger partial charge on any atom is -0.192 e. The van der Waals surface area contributed by atoms with Crippen molar-refractivity contribution in [2.45, 2.75) is 33.6 Å². The zero-order valence-corrected chi connectivity index (χ0v) is 12.0. The summed E-state index contributed by atoms with van der Waals surface area (Å²) in [4.78, 5) is 0. The molecule has 0 saturated carbocycles. The molecule has 0 amide bonds. The lowest BCUT2D eigenvalue weighted by atomic mass is 10.0. The predicted octanol–water partition coefficient (Wildman–Crippen LogP) is 5.20. The quantitative estimate of drug-likeness (QED) is 0.735. The minimum absolute atomic E-state index is 0.708. The lowest BCUT2D eigenvalue weighted by Gasteiger charge is -2.04. The molecule has 0 unspecified atom stereocenters. The Bertz CT molecular complexity index is 532. The fourth-order valence-electron chi connectivity index (χ4n) is 1.92. The Hall–Kier alpha value is -2.07. The molecule has 98 valence electrons. The molecule has 2 aromatic carbocycles. The summed E-state index contributed by atoms with van der Waals surface area (Å²) in [5, 5.41) is 8.87. The Morgan fingerprint density at radius 3 is 2.21 bits per heavy atom. The first kappa shape index (κ1) is 15.0. The summed E-state index contributed by atoms with van der Waals surface area (Å²) in [5.41, 5.74) is 4.35. The monoisotopic (exact) mass is 251 g/mol. The van der Waals surface area contributed by atoms with Crippen molar-refractivity contribution in [2.75, 3.05) is 0 Å². The van der Waals surface area contributed by atoms with Gasteiger partial charge in [-0.05, 0) is 35.2 Å². The van der Waals surface area contributed by atoms with Crippen LogP contribution in [-0.4, -0.2) is 0 Å². The topological polar surface area (TPSA) is 23.8 Å². The first-order chi connectivity index (χ1) is 9.33. The highest BCUT2D eigenvalue weighted by Gasteiger charge is 1.99. The number of hydrogen-bond donors (Lipinski definition) is 0. The first-order valence-corrected chi connectivity index (χ1v) is 6.93. The average molecular weight is 251 g/mol. The minimum atomic E-state index is 0.708. The van der Waals surface area contributed by atoms with Crippen LogP contribution in [-0.2, 0) is 6.42 Å². The molecule has 1 nitrogen and oxygen atoms in total. The maximum absolute atomic E-state index is 8.87. The van der Waals surface area contributed by atoms with Gasteiger partial charge in [0, 0.05) is 0 Å². The lowest BCUT2D eigenvalue weighted by Crippen LogP contribution is -1.84. The molecule has 0 heterocycles. The Morgan fingerprint density at radius 2 is 1.63 bits per heavy atom. The van der Waals surface area contributed by atoms with E-state index in [1.807, 2.05) is 38.1 Å². The summed E-state index contributed by atoms with van der Waals surface area (Å²) in [6, 6.07) is 18.5. The third kappa shape index (κ3) is 4.26. The molecule has 0 bridgehead atoms. The van der Waals surface area contributed by atoms with Crippen molar-refractivity contribution in [1.82, 2.24) is 0 Å². The van der Waals surface area contributed by atoms with Gasteiger partial charge in [-0.2, -0.15) is 5.26 Å². The van der Waals surface area contributed by atoms with E-state index in [9.17, 15) is 0 Å². The van der Waals surface area contributed by atoms with E-state index in [0.717, 1.165) is 12.0 Å². The summed E-state index contributed by atoms with van der Waals surface area (Å²) >= 11 is 0. The van der Waals surface area contributed by atoms with Crippen LogP contribution in [0, 0.1) is 11.3 Å². The highest BCUT2D eigenvalue weighted by atomic mass is 14.2. The molecule has 0 saturated heterocycles. The fraction of sp³-hybridized carbons (Fsp3) is 0.278. The molecule has 1 heteroatoms. The van der Waals surface area contributed by atoms with Crippen LogP contribution in [0.15, 0.2) is 48.5 Å². The number of aryl methyl sites for hydroxylation is 1. The zero-order valence-electron chi connectivity index (χ0n) is 12.0. The molecule has 2 rings (SSSR count). The van der Waals surface area contributed by atoms with Gasteiger partial charge in [0.2, 0.25) is 0 Å². The molecule has 0 N–H and O–H groups in total. The first-order valence-electron chi connectivity index (χ1n) is 6.93. The molecule has 0 aliphatic heterocycles. The van der Waals surface area contributed by atoms with Crippen molar-refractivity contribution in [2.24, 2.45) is 0 Å². The molecule has 0 fully saturated rings. The SMILES string of the molecule is CC.CCCc1ccc(-c2cccc(C#N)c2)cc1. The summed E-state index contributed by atoms with van der Waals surface area (Å²) in [7, 11) is 0. The summed E-state index contributed by atoms with van der Waals surface area (Å²) in [6.07, 6.45) is 2.29. The van der Waals surface area contributed by atoms with Crippen LogP contribution in [0.5, 0.6) is 0 Å². The highest BCUT2D eigenvalue weighted by Crippen LogP contribution is 2.21. The maximum Gasteiger partial charge on any atom is 0.0991 e. The molecule has 0 spiro atoms. The van der Waals surface area contributed by atoms with E-state index in [0.29, 0.717) is 5.56 Å². The molecule has 19 heavy (non-hydrogen) atoms. The Kier molecular flexibility index (Phi) is 6.39. The summed E-state index contributed by atoms with van der Waals surface area (Å²) in [6.45, 7) is 6.18.